The van der Waals surface area contributed by atoms with E-state index in [2.05, 4.69) is 11.8 Å². The highest BCUT2D eigenvalue weighted by Crippen LogP contribution is 2.24. The van der Waals surface area contributed by atoms with Gasteiger partial charge < -0.3 is 24.6 Å². The number of likely N-dealkylation sites (tertiary alicyclic amines) is 1. The van der Waals surface area contributed by atoms with E-state index in [4.69, 9.17) is 40.9 Å². The molecule has 1 aliphatic rings. The summed E-state index contributed by atoms with van der Waals surface area (Å²) in [5.74, 6) is -2.21. The molecule has 1 heterocycles. The molecule has 2 atom stereocenters. The van der Waals surface area contributed by atoms with E-state index in [-0.39, 0.29) is 0 Å². The van der Waals surface area contributed by atoms with E-state index < -0.39 is 11.9 Å². The second-order valence-corrected chi connectivity index (χ2v) is 7.47. The number of unbranched alkanes of at least 4 members (excludes halogenated alkanes) is 2. The zero-order chi connectivity index (χ0) is 21.6. The molecule has 8 heteroatoms. The molecule has 1 aromatic rings. The van der Waals surface area contributed by atoms with Crippen LogP contribution in [0, 0.1) is 5.92 Å². The number of piperidine rings is 1. The van der Waals surface area contributed by atoms with Gasteiger partial charge in [0.15, 0.2) is 0 Å². The second kappa shape index (κ2) is 14.2. The first-order chi connectivity index (χ1) is 13.9. The van der Waals surface area contributed by atoms with Crippen molar-refractivity contribution in [3.63, 3.8) is 0 Å². The predicted molar refractivity (Wildman–Crippen MR) is 112 cm³/mol. The number of methoxy groups -OCH3 is 1. The van der Waals surface area contributed by atoms with E-state index >= 15 is 0 Å². The molecule has 0 saturated carbocycles. The number of hydrogen-bond acceptors (Lipinski definition) is 5. The van der Waals surface area contributed by atoms with Gasteiger partial charge in [-0.3, -0.25) is 0 Å². The van der Waals surface area contributed by atoms with Gasteiger partial charge in [-0.15, -0.1) is 0 Å². The summed E-state index contributed by atoms with van der Waals surface area (Å²) in [5.41, 5.74) is 0. The third-order valence-electron chi connectivity index (χ3n) is 4.90. The number of ether oxygens (including phenoxy) is 2. The lowest BCUT2D eigenvalue weighted by atomic mass is 9.91. The van der Waals surface area contributed by atoms with Crippen molar-refractivity contribution in [2.75, 3.05) is 33.4 Å². The van der Waals surface area contributed by atoms with Crippen molar-refractivity contribution in [2.45, 2.75) is 45.1 Å². The summed E-state index contributed by atoms with van der Waals surface area (Å²) in [6, 6.07) is 7.61. The Kier molecular flexibility index (Phi) is 12.3. The highest BCUT2D eigenvalue weighted by molar-refractivity contribution is 6.30. The maximum atomic E-state index is 9.10. The van der Waals surface area contributed by atoms with E-state index in [1.54, 1.807) is 0 Å². The van der Waals surface area contributed by atoms with Crippen molar-refractivity contribution in [3.8, 4) is 5.75 Å². The summed E-state index contributed by atoms with van der Waals surface area (Å²) in [6.45, 7) is 6.43. The number of nitrogens with zero attached hydrogens (tertiary/aromatic N) is 1. The van der Waals surface area contributed by atoms with Crippen molar-refractivity contribution in [1.82, 2.24) is 4.90 Å². The number of carboxylic acids is 2. The van der Waals surface area contributed by atoms with Gasteiger partial charge in [0.1, 0.15) is 5.75 Å². The summed E-state index contributed by atoms with van der Waals surface area (Å²) < 4.78 is 11.6. The zero-order valence-electron chi connectivity index (χ0n) is 17.2. The Bertz CT molecular complexity index is 615. The maximum Gasteiger partial charge on any atom is 0.414 e. The summed E-state index contributed by atoms with van der Waals surface area (Å²) in [7, 11) is 1.84. The zero-order valence-corrected chi connectivity index (χ0v) is 17.9. The molecule has 0 bridgehead atoms. The first kappa shape index (κ1) is 25.2. The van der Waals surface area contributed by atoms with Gasteiger partial charge in [-0.1, -0.05) is 37.4 Å². The molecule has 0 aromatic heterocycles. The van der Waals surface area contributed by atoms with E-state index in [1.807, 2.05) is 31.4 Å². The number of hydrogen-bond donors (Lipinski definition) is 2. The molecule has 0 unspecified atom stereocenters. The fraction of sp³-hybridized carbons (Fsp3) is 0.619. The largest absolute Gasteiger partial charge is 0.494 e. The fourth-order valence-electron chi connectivity index (χ4n) is 3.30. The minimum atomic E-state index is -1.82. The maximum absolute atomic E-state index is 9.10. The number of halogens is 1. The minimum absolute atomic E-state index is 0.327. The van der Waals surface area contributed by atoms with Crippen LogP contribution in [-0.4, -0.2) is 66.5 Å². The van der Waals surface area contributed by atoms with Crippen LogP contribution in [0.4, 0.5) is 0 Å². The summed E-state index contributed by atoms with van der Waals surface area (Å²) >= 11 is 5.98. The van der Waals surface area contributed by atoms with Crippen LogP contribution in [0.25, 0.3) is 0 Å². The van der Waals surface area contributed by atoms with Gasteiger partial charge >= 0.3 is 11.9 Å². The first-order valence-electron chi connectivity index (χ1n) is 9.97. The lowest BCUT2D eigenvalue weighted by Crippen LogP contribution is -2.45. The quantitative estimate of drug-likeness (QED) is 0.455. The number of carboxylic acid groups (broad SMARTS) is 2. The van der Waals surface area contributed by atoms with Crippen LogP contribution in [-0.2, 0) is 14.3 Å². The number of benzene rings is 1. The molecular formula is C21H32ClNO6. The molecule has 0 radical (unpaired) electrons. The van der Waals surface area contributed by atoms with Crippen LogP contribution in [0.3, 0.4) is 0 Å². The number of aliphatic carboxylic acids is 2. The number of rotatable bonds is 9. The Morgan fingerprint density at radius 2 is 1.97 bits per heavy atom. The standard InChI is InChI=1S/C19H30ClNO2.C2H2O4/c1-3-4-5-11-21-12-9-16(19(15-21)22-2)10-13-23-18-8-6-7-17(20)14-18;3-1(4)2(5)6/h6-8,14,16,19H,3-5,9-13,15H2,1-2H3;(H,3,4)(H,5,6)/t16-,19+;/m0./s1. The van der Waals surface area contributed by atoms with Crippen molar-refractivity contribution >= 4 is 23.5 Å². The Morgan fingerprint density at radius 3 is 2.55 bits per heavy atom. The van der Waals surface area contributed by atoms with Crippen molar-refractivity contribution in [1.29, 1.82) is 0 Å². The van der Waals surface area contributed by atoms with E-state index in [9.17, 15) is 0 Å². The Labute approximate surface area is 177 Å². The number of carbonyl (C=O) groups is 2. The third kappa shape index (κ3) is 10.5. The molecule has 29 heavy (non-hydrogen) atoms. The van der Waals surface area contributed by atoms with Gasteiger partial charge in [0.25, 0.3) is 0 Å². The molecule has 2 rings (SSSR count). The van der Waals surface area contributed by atoms with E-state index in [1.165, 1.54) is 38.8 Å². The summed E-state index contributed by atoms with van der Waals surface area (Å²) in [5, 5.41) is 15.5. The van der Waals surface area contributed by atoms with E-state index in [0.717, 1.165) is 30.3 Å². The van der Waals surface area contributed by atoms with Crippen LogP contribution in [0.15, 0.2) is 24.3 Å². The lowest BCUT2D eigenvalue weighted by Gasteiger charge is -2.37. The van der Waals surface area contributed by atoms with Gasteiger partial charge in [-0.25, -0.2) is 9.59 Å². The van der Waals surface area contributed by atoms with Gasteiger partial charge in [0.2, 0.25) is 0 Å². The lowest BCUT2D eigenvalue weighted by molar-refractivity contribution is -0.159. The first-order valence-corrected chi connectivity index (χ1v) is 10.3. The normalized spacial score (nSPS) is 19.1. The second-order valence-electron chi connectivity index (χ2n) is 7.04. The van der Waals surface area contributed by atoms with Crippen LogP contribution >= 0.6 is 11.6 Å². The molecule has 2 N–H and O–H groups in total. The van der Waals surface area contributed by atoms with Gasteiger partial charge in [-0.2, -0.15) is 0 Å². The molecule has 1 saturated heterocycles. The van der Waals surface area contributed by atoms with Crippen LogP contribution in [0.2, 0.25) is 5.02 Å². The SMILES string of the molecule is CCCCCN1CC[C@@H](CCOc2cccc(Cl)c2)[C@H](OC)C1.O=C(O)C(=O)O. The van der Waals surface area contributed by atoms with Crippen molar-refractivity contribution < 1.29 is 29.3 Å². The topological polar surface area (TPSA) is 96.3 Å². The van der Waals surface area contributed by atoms with Crippen molar-refractivity contribution in [3.05, 3.63) is 29.3 Å². The van der Waals surface area contributed by atoms with Crippen LogP contribution in [0.5, 0.6) is 5.75 Å². The van der Waals surface area contributed by atoms with Gasteiger partial charge in [0.05, 0.1) is 12.7 Å². The van der Waals surface area contributed by atoms with Crippen LogP contribution in [0.1, 0.15) is 39.0 Å². The minimum Gasteiger partial charge on any atom is -0.494 e. The third-order valence-corrected chi connectivity index (χ3v) is 5.13. The molecule has 0 aliphatic carbocycles. The Morgan fingerprint density at radius 1 is 1.24 bits per heavy atom. The van der Waals surface area contributed by atoms with Crippen molar-refractivity contribution in [2.24, 2.45) is 5.92 Å². The monoisotopic (exact) mass is 429 g/mol. The highest BCUT2D eigenvalue weighted by atomic mass is 35.5. The molecule has 1 fully saturated rings. The Balaban J connectivity index is 0.000000612. The Hall–Kier alpha value is -1.83. The molecule has 1 aromatic carbocycles. The highest BCUT2D eigenvalue weighted by Gasteiger charge is 2.28. The predicted octanol–water partition coefficient (Wildman–Crippen LogP) is 3.79. The van der Waals surface area contributed by atoms with E-state index in [0.29, 0.717) is 12.0 Å². The molecule has 1 aliphatic heterocycles. The molecule has 0 amide bonds. The smallest absolute Gasteiger partial charge is 0.414 e. The van der Waals surface area contributed by atoms with Gasteiger partial charge in [0, 0.05) is 18.7 Å². The molecule has 0 spiro atoms. The molecule has 7 nitrogen and oxygen atoms in total. The summed E-state index contributed by atoms with van der Waals surface area (Å²) in [4.78, 5) is 20.8. The fourth-order valence-corrected chi connectivity index (χ4v) is 3.48. The molecular weight excluding hydrogens is 398 g/mol. The van der Waals surface area contributed by atoms with Crippen LogP contribution < -0.4 is 4.74 Å². The molecule has 164 valence electrons. The average Bonchev–Trinajstić information content (AvgIpc) is 2.69. The summed E-state index contributed by atoms with van der Waals surface area (Å²) in [6.07, 6.45) is 6.47. The average molecular weight is 430 g/mol. The van der Waals surface area contributed by atoms with Gasteiger partial charge in [-0.05, 0) is 56.5 Å².